The van der Waals surface area contributed by atoms with Crippen LogP contribution in [0.1, 0.15) is 19.3 Å². The molecule has 2 atom stereocenters. The van der Waals surface area contributed by atoms with Gasteiger partial charge in [-0.25, -0.2) is 0 Å². The zero-order valence-corrected chi connectivity index (χ0v) is 15.1. The summed E-state index contributed by atoms with van der Waals surface area (Å²) in [6.07, 6.45) is 2.94. The number of halogens is 1. The van der Waals surface area contributed by atoms with Gasteiger partial charge < -0.3 is 14.7 Å². The Morgan fingerprint density at radius 2 is 1.48 bits per heavy atom. The van der Waals surface area contributed by atoms with Crippen molar-refractivity contribution in [3.05, 3.63) is 29.3 Å². The van der Waals surface area contributed by atoms with E-state index >= 15 is 0 Å². The number of amides is 2. The lowest BCUT2D eigenvalue weighted by Crippen LogP contribution is -2.49. The van der Waals surface area contributed by atoms with E-state index < -0.39 is 0 Å². The second-order valence-electron chi connectivity index (χ2n) is 7.27. The zero-order valence-electron chi connectivity index (χ0n) is 14.4. The van der Waals surface area contributed by atoms with Crippen LogP contribution in [0.2, 0.25) is 5.02 Å². The summed E-state index contributed by atoms with van der Waals surface area (Å²) < 4.78 is 0. The molecule has 0 N–H and O–H groups in total. The Morgan fingerprint density at radius 1 is 0.880 bits per heavy atom. The normalized spacial score (nSPS) is 26.0. The van der Waals surface area contributed by atoms with Gasteiger partial charge in [-0.1, -0.05) is 17.7 Å². The summed E-state index contributed by atoms with van der Waals surface area (Å²) in [6.45, 7) is 4.79. The smallest absolute Gasteiger partial charge is 0.226 e. The largest absolute Gasteiger partial charge is 0.368 e. The molecule has 6 heteroatoms. The number of carbonyl (C=O) groups is 2. The summed E-state index contributed by atoms with van der Waals surface area (Å²) in [5.41, 5.74) is 1.10. The third-order valence-electron chi connectivity index (χ3n) is 5.61. The standard InChI is InChI=1S/C19H24ClN3O2/c20-14-4-3-5-15(12-14)21-8-10-23(11-9-21)19(25)17-13-16(17)18(24)22-6-1-2-7-22/h3-5,12,16-17H,1-2,6-11,13H2. The maximum atomic E-state index is 12.7. The highest BCUT2D eigenvalue weighted by Gasteiger charge is 2.51. The predicted octanol–water partition coefficient (Wildman–Crippen LogP) is 2.25. The van der Waals surface area contributed by atoms with Gasteiger partial charge >= 0.3 is 0 Å². The third kappa shape index (κ3) is 3.47. The van der Waals surface area contributed by atoms with Crippen LogP contribution in [0, 0.1) is 11.8 Å². The van der Waals surface area contributed by atoms with Crippen molar-refractivity contribution in [2.24, 2.45) is 11.8 Å². The molecule has 1 aromatic carbocycles. The van der Waals surface area contributed by atoms with Gasteiger partial charge in [-0.05, 0) is 37.5 Å². The first-order valence-corrected chi connectivity index (χ1v) is 9.59. The molecule has 3 fully saturated rings. The number of carbonyl (C=O) groups excluding carboxylic acids is 2. The van der Waals surface area contributed by atoms with Crippen molar-refractivity contribution in [3.8, 4) is 0 Å². The quantitative estimate of drug-likeness (QED) is 0.829. The number of likely N-dealkylation sites (tertiary alicyclic amines) is 1. The first-order valence-electron chi connectivity index (χ1n) is 9.21. The van der Waals surface area contributed by atoms with Crippen LogP contribution in [0.3, 0.4) is 0 Å². The van der Waals surface area contributed by atoms with Crippen molar-refractivity contribution >= 4 is 29.1 Å². The monoisotopic (exact) mass is 361 g/mol. The van der Waals surface area contributed by atoms with E-state index in [-0.39, 0.29) is 23.7 Å². The molecule has 1 aromatic rings. The number of anilines is 1. The van der Waals surface area contributed by atoms with Crippen molar-refractivity contribution in [1.82, 2.24) is 9.80 Å². The first kappa shape index (κ1) is 16.7. The van der Waals surface area contributed by atoms with Gasteiger partial charge in [-0.2, -0.15) is 0 Å². The van der Waals surface area contributed by atoms with E-state index in [1.807, 2.05) is 28.0 Å². The van der Waals surface area contributed by atoms with Crippen LogP contribution in [0.15, 0.2) is 24.3 Å². The van der Waals surface area contributed by atoms with Crippen molar-refractivity contribution in [2.75, 3.05) is 44.2 Å². The minimum absolute atomic E-state index is 0.0587. The van der Waals surface area contributed by atoms with Crippen LogP contribution < -0.4 is 4.90 Å². The van der Waals surface area contributed by atoms with Crippen molar-refractivity contribution < 1.29 is 9.59 Å². The van der Waals surface area contributed by atoms with Crippen LogP contribution in [0.5, 0.6) is 0 Å². The highest BCUT2D eigenvalue weighted by atomic mass is 35.5. The molecule has 1 saturated carbocycles. The fourth-order valence-corrected chi connectivity index (χ4v) is 4.19. The van der Waals surface area contributed by atoms with Crippen LogP contribution >= 0.6 is 11.6 Å². The van der Waals surface area contributed by atoms with Gasteiger partial charge in [0.25, 0.3) is 0 Å². The number of nitrogens with zero attached hydrogens (tertiary/aromatic N) is 3. The van der Waals surface area contributed by atoms with Gasteiger partial charge in [-0.15, -0.1) is 0 Å². The fraction of sp³-hybridized carbons (Fsp3) is 0.579. The highest BCUT2D eigenvalue weighted by Crippen LogP contribution is 2.42. The Kier molecular flexibility index (Phi) is 4.59. The molecule has 0 radical (unpaired) electrons. The molecular formula is C19H24ClN3O2. The van der Waals surface area contributed by atoms with Gasteiger partial charge in [0.05, 0.1) is 11.8 Å². The van der Waals surface area contributed by atoms with Crippen molar-refractivity contribution in [1.29, 1.82) is 0 Å². The molecule has 3 aliphatic rings. The maximum Gasteiger partial charge on any atom is 0.226 e. The number of hydrogen-bond donors (Lipinski definition) is 0. The molecule has 1 aliphatic carbocycles. The lowest BCUT2D eigenvalue weighted by molar-refractivity contribution is -0.137. The molecule has 25 heavy (non-hydrogen) atoms. The molecule has 2 amide bonds. The summed E-state index contributed by atoms with van der Waals surface area (Å²) in [5, 5.41) is 0.734. The lowest BCUT2D eigenvalue weighted by Gasteiger charge is -2.36. The highest BCUT2D eigenvalue weighted by molar-refractivity contribution is 6.30. The Bertz CT molecular complexity index is 666. The number of piperazine rings is 1. The summed E-state index contributed by atoms with van der Waals surface area (Å²) in [5.74, 6) is 0.235. The van der Waals surface area contributed by atoms with Gasteiger partial charge in [0, 0.05) is 50.0 Å². The summed E-state index contributed by atoms with van der Waals surface area (Å²) in [4.78, 5) is 31.2. The molecule has 5 nitrogen and oxygen atoms in total. The molecule has 2 unspecified atom stereocenters. The number of hydrogen-bond acceptors (Lipinski definition) is 3. The van der Waals surface area contributed by atoms with Gasteiger partial charge in [0.1, 0.15) is 0 Å². The van der Waals surface area contributed by atoms with E-state index in [4.69, 9.17) is 11.6 Å². The minimum Gasteiger partial charge on any atom is -0.368 e. The van der Waals surface area contributed by atoms with Gasteiger partial charge in [-0.3, -0.25) is 9.59 Å². The zero-order chi connectivity index (χ0) is 17.4. The van der Waals surface area contributed by atoms with Crippen molar-refractivity contribution in [3.63, 3.8) is 0 Å². The topological polar surface area (TPSA) is 43.9 Å². The SMILES string of the molecule is O=C(C1CC1C(=O)N1CCN(c2cccc(Cl)c2)CC1)N1CCCC1. The van der Waals surface area contributed by atoms with Gasteiger partial charge in [0.15, 0.2) is 0 Å². The fourth-order valence-electron chi connectivity index (χ4n) is 4.01. The van der Waals surface area contributed by atoms with Gasteiger partial charge in [0.2, 0.25) is 11.8 Å². The Labute approximate surface area is 153 Å². The van der Waals surface area contributed by atoms with E-state index in [1.165, 1.54) is 0 Å². The van der Waals surface area contributed by atoms with E-state index in [0.717, 1.165) is 56.2 Å². The van der Waals surface area contributed by atoms with E-state index in [2.05, 4.69) is 11.0 Å². The molecule has 2 aliphatic heterocycles. The third-order valence-corrected chi connectivity index (χ3v) is 5.84. The van der Waals surface area contributed by atoms with Crippen molar-refractivity contribution in [2.45, 2.75) is 19.3 Å². The molecule has 0 aromatic heterocycles. The van der Waals surface area contributed by atoms with Crippen LogP contribution in [-0.2, 0) is 9.59 Å². The molecular weight excluding hydrogens is 338 g/mol. The average molecular weight is 362 g/mol. The summed E-state index contributed by atoms with van der Waals surface area (Å²) in [6, 6.07) is 7.84. The van der Waals surface area contributed by atoms with E-state index in [9.17, 15) is 9.59 Å². The number of benzene rings is 1. The molecule has 2 heterocycles. The maximum absolute atomic E-state index is 12.7. The molecule has 0 spiro atoms. The Balaban J connectivity index is 1.29. The Morgan fingerprint density at radius 3 is 2.08 bits per heavy atom. The second-order valence-corrected chi connectivity index (χ2v) is 7.71. The summed E-state index contributed by atoms with van der Waals surface area (Å²) in [7, 11) is 0. The van der Waals surface area contributed by atoms with Crippen LogP contribution in [-0.4, -0.2) is 60.9 Å². The Hall–Kier alpha value is -1.75. The number of rotatable bonds is 3. The predicted molar refractivity (Wildman–Crippen MR) is 97.7 cm³/mol. The molecule has 2 saturated heterocycles. The first-order chi connectivity index (χ1) is 12.1. The van der Waals surface area contributed by atoms with E-state index in [0.29, 0.717) is 13.1 Å². The molecule has 0 bridgehead atoms. The molecule has 134 valence electrons. The van der Waals surface area contributed by atoms with Crippen LogP contribution in [0.25, 0.3) is 0 Å². The lowest BCUT2D eigenvalue weighted by atomic mass is 10.2. The minimum atomic E-state index is -0.0779. The van der Waals surface area contributed by atoms with Crippen LogP contribution in [0.4, 0.5) is 5.69 Å². The second kappa shape index (κ2) is 6.87. The summed E-state index contributed by atoms with van der Waals surface area (Å²) >= 11 is 6.07. The molecule has 4 rings (SSSR count). The average Bonchev–Trinajstić information content (AvgIpc) is 3.25. The van der Waals surface area contributed by atoms with E-state index in [1.54, 1.807) is 0 Å².